The molecule has 0 aromatic heterocycles. The Morgan fingerprint density at radius 3 is 1.96 bits per heavy atom. The molecule has 2 rings (SSSR count). The highest BCUT2D eigenvalue weighted by Gasteiger charge is 2.38. The highest BCUT2D eigenvalue weighted by atomic mass is 16.1. The number of hydrogen-bond acceptors (Lipinski definition) is 3. The number of ketones is 3. The van der Waals surface area contributed by atoms with Crippen LogP contribution in [0.15, 0.2) is 54.6 Å². The molecule has 0 saturated carbocycles. The largest absolute Gasteiger partial charge is 0.299 e. The fraction of sp³-hybridized carbons (Fsp3) is 0.400. The third-order valence-electron chi connectivity index (χ3n) is 5.83. The first-order chi connectivity index (χ1) is 13.0. The van der Waals surface area contributed by atoms with E-state index >= 15 is 0 Å². The lowest BCUT2D eigenvalue weighted by Crippen LogP contribution is -2.35. The fourth-order valence-electron chi connectivity index (χ4n) is 3.53. The molecule has 2 aromatic carbocycles. The number of rotatable bonds is 9. The highest BCUT2D eigenvalue weighted by molar-refractivity contribution is 6.09. The Morgan fingerprint density at radius 2 is 1.39 bits per heavy atom. The van der Waals surface area contributed by atoms with E-state index in [1.165, 1.54) is 0 Å². The summed E-state index contributed by atoms with van der Waals surface area (Å²) < 4.78 is 0. The van der Waals surface area contributed by atoms with Crippen molar-refractivity contribution in [3.63, 3.8) is 0 Å². The van der Waals surface area contributed by atoms with Crippen molar-refractivity contribution >= 4 is 17.3 Å². The lowest BCUT2D eigenvalue weighted by molar-refractivity contribution is -0.132. The molecule has 148 valence electrons. The average molecular weight is 379 g/mol. The van der Waals surface area contributed by atoms with Crippen LogP contribution in [0.3, 0.4) is 0 Å². The van der Waals surface area contributed by atoms with Gasteiger partial charge in [-0.2, -0.15) is 0 Å². The van der Waals surface area contributed by atoms with Crippen LogP contribution >= 0.6 is 0 Å². The molecule has 0 aliphatic carbocycles. The predicted molar refractivity (Wildman–Crippen MR) is 113 cm³/mol. The van der Waals surface area contributed by atoms with Crippen LogP contribution in [-0.2, 0) is 16.0 Å². The van der Waals surface area contributed by atoms with E-state index in [0.29, 0.717) is 30.4 Å². The number of aryl methyl sites for hydroxylation is 1. The second-order valence-electron chi connectivity index (χ2n) is 8.63. The summed E-state index contributed by atoms with van der Waals surface area (Å²) in [4.78, 5) is 37.0. The number of carbonyl (C=O) groups excluding carboxylic acids is 3. The third-order valence-corrected chi connectivity index (χ3v) is 5.83. The maximum absolute atomic E-state index is 12.7. The number of Topliss-reactive ketones (excluding diaryl/α,β-unsaturated/α-hetero) is 2. The quantitative estimate of drug-likeness (QED) is 0.545. The summed E-state index contributed by atoms with van der Waals surface area (Å²) in [7, 11) is 0. The van der Waals surface area contributed by atoms with Gasteiger partial charge in [0.15, 0.2) is 5.78 Å². The first kappa shape index (κ1) is 21.7. The summed E-state index contributed by atoms with van der Waals surface area (Å²) in [5.41, 5.74) is 1.23. The SMILES string of the molecule is CC(=O)C(C)(C)CC(C)(CCc1cccc(C(=O)c2ccccc2)c1)C(C)=O. The van der Waals surface area contributed by atoms with Gasteiger partial charge in [0.25, 0.3) is 0 Å². The molecule has 0 fully saturated rings. The lowest BCUT2D eigenvalue weighted by Gasteiger charge is -2.34. The maximum Gasteiger partial charge on any atom is 0.193 e. The summed E-state index contributed by atoms with van der Waals surface area (Å²) in [5.74, 6) is 0.184. The molecule has 1 atom stereocenters. The van der Waals surface area contributed by atoms with Gasteiger partial charge in [0.1, 0.15) is 11.6 Å². The van der Waals surface area contributed by atoms with E-state index in [0.717, 1.165) is 5.56 Å². The van der Waals surface area contributed by atoms with Crippen LogP contribution in [-0.4, -0.2) is 17.3 Å². The number of benzene rings is 2. The van der Waals surface area contributed by atoms with Crippen molar-refractivity contribution in [3.05, 3.63) is 71.3 Å². The summed E-state index contributed by atoms with van der Waals surface area (Å²) in [6.07, 6.45) is 1.84. The van der Waals surface area contributed by atoms with Gasteiger partial charge in [-0.05, 0) is 44.7 Å². The van der Waals surface area contributed by atoms with Crippen molar-refractivity contribution in [2.75, 3.05) is 0 Å². The molecular weight excluding hydrogens is 348 g/mol. The predicted octanol–water partition coefficient (Wildman–Crippen LogP) is 5.45. The Labute approximate surface area is 168 Å². The minimum Gasteiger partial charge on any atom is -0.299 e. The van der Waals surface area contributed by atoms with Crippen LogP contribution in [0.5, 0.6) is 0 Å². The average Bonchev–Trinajstić information content (AvgIpc) is 2.66. The standard InChI is InChI=1S/C25H30O3/c1-18(26)24(3,4)17-25(5,19(2)27)15-14-20-10-9-13-22(16-20)23(28)21-11-7-6-8-12-21/h6-13,16H,14-15,17H2,1-5H3. The molecule has 0 radical (unpaired) electrons. The second kappa shape index (κ2) is 8.64. The van der Waals surface area contributed by atoms with Crippen LogP contribution in [0.2, 0.25) is 0 Å². The molecule has 1 unspecified atom stereocenters. The van der Waals surface area contributed by atoms with E-state index in [-0.39, 0.29) is 17.3 Å². The van der Waals surface area contributed by atoms with E-state index in [9.17, 15) is 14.4 Å². The Hall–Kier alpha value is -2.55. The van der Waals surface area contributed by atoms with Crippen LogP contribution in [0, 0.1) is 10.8 Å². The molecule has 3 nitrogen and oxygen atoms in total. The van der Waals surface area contributed by atoms with Crippen molar-refractivity contribution in [1.82, 2.24) is 0 Å². The molecule has 3 heteroatoms. The minimum absolute atomic E-state index is 0.00510. The lowest BCUT2D eigenvalue weighted by atomic mass is 9.68. The van der Waals surface area contributed by atoms with E-state index < -0.39 is 10.8 Å². The van der Waals surface area contributed by atoms with Gasteiger partial charge in [0.2, 0.25) is 0 Å². The summed E-state index contributed by atoms with van der Waals surface area (Å²) >= 11 is 0. The molecule has 0 amide bonds. The molecule has 0 N–H and O–H groups in total. The van der Waals surface area contributed by atoms with Gasteiger partial charge in [-0.15, -0.1) is 0 Å². The first-order valence-electron chi connectivity index (χ1n) is 9.76. The third kappa shape index (κ3) is 5.25. The molecule has 0 aliphatic rings. The van der Waals surface area contributed by atoms with Gasteiger partial charge in [0, 0.05) is 22.0 Å². The Bertz CT molecular complexity index is 864. The van der Waals surface area contributed by atoms with Crippen molar-refractivity contribution in [3.8, 4) is 0 Å². The Morgan fingerprint density at radius 1 is 0.786 bits per heavy atom. The monoisotopic (exact) mass is 378 g/mol. The smallest absolute Gasteiger partial charge is 0.193 e. The topological polar surface area (TPSA) is 51.2 Å². The zero-order chi connectivity index (χ0) is 20.9. The van der Waals surface area contributed by atoms with Crippen LogP contribution in [0.25, 0.3) is 0 Å². The summed E-state index contributed by atoms with van der Waals surface area (Å²) in [6, 6.07) is 16.8. The molecular formula is C25H30O3. The van der Waals surface area contributed by atoms with Crippen LogP contribution in [0.1, 0.15) is 68.9 Å². The maximum atomic E-state index is 12.7. The highest BCUT2D eigenvalue weighted by Crippen LogP contribution is 2.39. The van der Waals surface area contributed by atoms with Crippen molar-refractivity contribution < 1.29 is 14.4 Å². The first-order valence-corrected chi connectivity index (χ1v) is 9.76. The normalized spacial score (nSPS) is 13.6. The van der Waals surface area contributed by atoms with Gasteiger partial charge in [-0.25, -0.2) is 0 Å². The van der Waals surface area contributed by atoms with Gasteiger partial charge < -0.3 is 0 Å². The Balaban J connectivity index is 2.17. The second-order valence-corrected chi connectivity index (χ2v) is 8.63. The molecule has 0 aliphatic heterocycles. The zero-order valence-electron chi connectivity index (χ0n) is 17.5. The van der Waals surface area contributed by atoms with E-state index in [4.69, 9.17) is 0 Å². The van der Waals surface area contributed by atoms with Crippen molar-refractivity contribution in [2.45, 2.75) is 53.9 Å². The van der Waals surface area contributed by atoms with Gasteiger partial charge in [-0.1, -0.05) is 69.3 Å². The molecule has 28 heavy (non-hydrogen) atoms. The molecule has 0 bridgehead atoms. The number of hydrogen-bond donors (Lipinski definition) is 0. The summed E-state index contributed by atoms with van der Waals surface area (Å²) in [6.45, 7) is 8.93. The van der Waals surface area contributed by atoms with E-state index in [2.05, 4.69) is 0 Å². The summed E-state index contributed by atoms with van der Waals surface area (Å²) in [5, 5.41) is 0. The van der Waals surface area contributed by atoms with Crippen LogP contribution in [0.4, 0.5) is 0 Å². The fourth-order valence-corrected chi connectivity index (χ4v) is 3.53. The number of carbonyl (C=O) groups is 3. The van der Waals surface area contributed by atoms with Gasteiger partial charge >= 0.3 is 0 Å². The molecule has 0 heterocycles. The van der Waals surface area contributed by atoms with Gasteiger partial charge in [0.05, 0.1) is 0 Å². The van der Waals surface area contributed by atoms with Crippen LogP contribution < -0.4 is 0 Å². The zero-order valence-corrected chi connectivity index (χ0v) is 17.5. The Kier molecular flexibility index (Phi) is 6.71. The minimum atomic E-state index is -0.575. The van der Waals surface area contributed by atoms with Crippen molar-refractivity contribution in [1.29, 1.82) is 0 Å². The van der Waals surface area contributed by atoms with Crippen molar-refractivity contribution in [2.24, 2.45) is 10.8 Å². The van der Waals surface area contributed by atoms with Gasteiger partial charge in [-0.3, -0.25) is 14.4 Å². The molecule has 2 aromatic rings. The molecule has 0 spiro atoms. The van der Waals surface area contributed by atoms with E-state index in [1.807, 2.05) is 75.4 Å². The van der Waals surface area contributed by atoms with E-state index in [1.54, 1.807) is 13.8 Å². The molecule has 0 saturated heterocycles.